The third-order valence-electron chi connectivity index (χ3n) is 4.81. The number of rotatable bonds is 7. The SMILES string of the molecule is CC(=O)Cc1cccc(C(=O)c2ncc(Cl)cc2NS(=O)(=O)c2ccc(C(C)(C)C)cc2)n1. The fraction of sp³-hybridized carbons (Fsp3) is 0.250. The van der Waals surface area contributed by atoms with Crippen LogP contribution in [0.3, 0.4) is 0 Å². The topological polar surface area (TPSA) is 106 Å². The average molecular weight is 486 g/mol. The monoisotopic (exact) mass is 485 g/mol. The van der Waals surface area contributed by atoms with Gasteiger partial charge in [-0.3, -0.25) is 14.3 Å². The Morgan fingerprint density at radius 3 is 2.33 bits per heavy atom. The number of carbonyl (C=O) groups excluding carboxylic acids is 2. The Morgan fingerprint density at radius 2 is 1.73 bits per heavy atom. The maximum absolute atomic E-state index is 13.1. The van der Waals surface area contributed by atoms with Crippen molar-refractivity contribution in [1.29, 1.82) is 0 Å². The number of nitrogens with one attached hydrogen (secondary N) is 1. The van der Waals surface area contributed by atoms with Crippen molar-refractivity contribution in [1.82, 2.24) is 9.97 Å². The molecule has 1 aromatic carbocycles. The van der Waals surface area contributed by atoms with E-state index in [1.165, 1.54) is 37.4 Å². The molecule has 0 aliphatic carbocycles. The molecule has 1 N–H and O–H groups in total. The number of pyridine rings is 2. The second-order valence-electron chi connectivity index (χ2n) is 8.65. The normalized spacial score (nSPS) is 11.8. The number of anilines is 1. The Hall–Kier alpha value is -3.10. The first kappa shape index (κ1) is 24.5. The summed E-state index contributed by atoms with van der Waals surface area (Å²) in [5.41, 5.74) is 1.11. The first-order valence-corrected chi connectivity index (χ1v) is 12.0. The first-order valence-electron chi connectivity index (χ1n) is 10.2. The van der Waals surface area contributed by atoms with Gasteiger partial charge in [0.2, 0.25) is 5.78 Å². The smallest absolute Gasteiger partial charge is 0.261 e. The number of sulfonamides is 1. The molecule has 3 aromatic rings. The van der Waals surface area contributed by atoms with Crippen LogP contribution in [0.4, 0.5) is 5.69 Å². The quantitative estimate of drug-likeness (QED) is 0.490. The van der Waals surface area contributed by atoms with Gasteiger partial charge in [-0.15, -0.1) is 0 Å². The van der Waals surface area contributed by atoms with Crippen molar-refractivity contribution in [2.75, 3.05) is 4.72 Å². The van der Waals surface area contributed by atoms with Gasteiger partial charge in [0.05, 0.1) is 15.6 Å². The minimum absolute atomic E-state index is 0.0375. The molecule has 0 amide bonds. The number of aromatic nitrogens is 2. The highest BCUT2D eigenvalue weighted by Gasteiger charge is 2.23. The molecule has 0 aliphatic heterocycles. The maximum atomic E-state index is 13.1. The van der Waals surface area contributed by atoms with E-state index < -0.39 is 15.8 Å². The van der Waals surface area contributed by atoms with Gasteiger partial charge in [-0.1, -0.05) is 50.6 Å². The third-order valence-corrected chi connectivity index (χ3v) is 6.40. The lowest BCUT2D eigenvalue weighted by Gasteiger charge is -2.19. The molecule has 0 unspecified atom stereocenters. The molecule has 172 valence electrons. The number of benzene rings is 1. The number of hydrogen-bond acceptors (Lipinski definition) is 6. The summed E-state index contributed by atoms with van der Waals surface area (Å²) < 4.78 is 28.5. The third kappa shape index (κ3) is 6.03. The lowest BCUT2D eigenvalue weighted by Crippen LogP contribution is -2.18. The van der Waals surface area contributed by atoms with Gasteiger partial charge >= 0.3 is 0 Å². The van der Waals surface area contributed by atoms with E-state index >= 15 is 0 Å². The van der Waals surface area contributed by atoms with Crippen LogP contribution in [-0.4, -0.2) is 30.0 Å². The highest BCUT2D eigenvalue weighted by molar-refractivity contribution is 7.92. The van der Waals surface area contributed by atoms with E-state index in [0.29, 0.717) is 5.69 Å². The van der Waals surface area contributed by atoms with E-state index in [4.69, 9.17) is 11.6 Å². The molecule has 0 saturated carbocycles. The van der Waals surface area contributed by atoms with Crippen molar-refractivity contribution in [3.05, 3.63) is 82.4 Å². The van der Waals surface area contributed by atoms with Gasteiger partial charge in [0.1, 0.15) is 17.2 Å². The molecule has 2 heterocycles. The zero-order valence-corrected chi connectivity index (χ0v) is 20.3. The van der Waals surface area contributed by atoms with Crippen LogP contribution in [-0.2, 0) is 26.7 Å². The summed E-state index contributed by atoms with van der Waals surface area (Å²) in [5.74, 6) is -0.694. The van der Waals surface area contributed by atoms with Crippen LogP contribution < -0.4 is 4.72 Å². The second kappa shape index (κ2) is 9.41. The minimum atomic E-state index is -4.02. The van der Waals surface area contributed by atoms with Gasteiger partial charge in [0.25, 0.3) is 10.0 Å². The summed E-state index contributed by atoms with van der Waals surface area (Å²) >= 11 is 6.03. The fourth-order valence-electron chi connectivity index (χ4n) is 3.12. The Balaban J connectivity index is 1.96. The Bertz CT molecular complexity index is 1310. The number of nitrogens with zero attached hydrogens (tertiary/aromatic N) is 2. The van der Waals surface area contributed by atoms with Crippen molar-refractivity contribution in [2.45, 2.75) is 44.4 Å². The zero-order valence-electron chi connectivity index (χ0n) is 18.7. The number of Topliss-reactive ketones (excluding diaryl/α,β-unsaturated/α-hetero) is 1. The summed E-state index contributed by atoms with van der Waals surface area (Å²) in [6.07, 6.45) is 1.34. The predicted molar refractivity (Wildman–Crippen MR) is 127 cm³/mol. The van der Waals surface area contributed by atoms with Crippen molar-refractivity contribution in [2.24, 2.45) is 0 Å². The summed E-state index contributed by atoms with van der Waals surface area (Å²) in [6, 6.07) is 12.6. The van der Waals surface area contributed by atoms with Crippen molar-refractivity contribution in [3.8, 4) is 0 Å². The summed E-state index contributed by atoms with van der Waals surface area (Å²) in [7, 11) is -4.02. The fourth-order valence-corrected chi connectivity index (χ4v) is 4.33. The first-order chi connectivity index (χ1) is 15.4. The Labute approximate surface area is 198 Å². The molecule has 7 nitrogen and oxygen atoms in total. The van der Waals surface area contributed by atoms with Crippen molar-refractivity contribution >= 4 is 38.9 Å². The molecule has 0 bridgehead atoms. The van der Waals surface area contributed by atoms with Gasteiger partial charge in [-0.05, 0) is 48.2 Å². The molecule has 0 radical (unpaired) electrons. The van der Waals surface area contributed by atoms with E-state index in [-0.39, 0.29) is 44.6 Å². The minimum Gasteiger partial charge on any atom is -0.300 e. The highest BCUT2D eigenvalue weighted by atomic mass is 35.5. The number of hydrogen-bond donors (Lipinski definition) is 1. The van der Waals surface area contributed by atoms with Gasteiger partial charge < -0.3 is 0 Å². The molecular weight excluding hydrogens is 462 g/mol. The summed E-state index contributed by atoms with van der Waals surface area (Å²) in [6.45, 7) is 7.52. The molecule has 0 aliphatic rings. The molecule has 33 heavy (non-hydrogen) atoms. The number of carbonyl (C=O) groups is 2. The van der Waals surface area contributed by atoms with Crippen LogP contribution in [0.1, 0.15) is 55.1 Å². The molecule has 9 heteroatoms. The van der Waals surface area contributed by atoms with Crippen LogP contribution in [0.5, 0.6) is 0 Å². The Morgan fingerprint density at radius 1 is 1.06 bits per heavy atom. The van der Waals surface area contributed by atoms with Gasteiger partial charge in [-0.2, -0.15) is 0 Å². The van der Waals surface area contributed by atoms with E-state index in [0.717, 1.165) is 5.56 Å². The molecule has 0 fully saturated rings. The second-order valence-corrected chi connectivity index (χ2v) is 10.8. The molecular formula is C24H24ClN3O4S. The average Bonchev–Trinajstić information content (AvgIpc) is 2.72. The summed E-state index contributed by atoms with van der Waals surface area (Å²) in [4.78, 5) is 32.8. The number of ketones is 2. The lowest BCUT2D eigenvalue weighted by atomic mass is 9.87. The zero-order chi connectivity index (χ0) is 24.4. The van der Waals surface area contributed by atoms with E-state index in [2.05, 4.69) is 14.7 Å². The van der Waals surface area contributed by atoms with E-state index in [1.54, 1.807) is 24.3 Å². The molecule has 0 spiro atoms. The van der Waals surface area contributed by atoms with Gasteiger partial charge in [-0.25, -0.2) is 18.4 Å². The Kier molecular flexibility index (Phi) is 7.00. The van der Waals surface area contributed by atoms with Gasteiger partial charge in [0.15, 0.2) is 0 Å². The van der Waals surface area contributed by atoms with Crippen LogP contribution in [0.15, 0.2) is 59.6 Å². The number of halogens is 1. The van der Waals surface area contributed by atoms with E-state index in [1.807, 2.05) is 20.8 Å². The van der Waals surface area contributed by atoms with Crippen LogP contribution >= 0.6 is 11.6 Å². The van der Waals surface area contributed by atoms with Crippen LogP contribution in [0, 0.1) is 0 Å². The standard InChI is InChI=1S/C24H24ClN3O4S/c1-15(29)12-18-6-5-7-20(27-18)23(30)22-21(13-17(25)14-26-22)28-33(31,32)19-10-8-16(9-11-19)24(2,3)4/h5-11,13-14,28H,12H2,1-4H3. The van der Waals surface area contributed by atoms with Crippen molar-refractivity contribution in [3.63, 3.8) is 0 Å². The van der Waals surface area contributed by atoms with Crippen LogP contribution in [0.25, 0.3) is 0 Å². The summed E-state index contributed by atoms with van der Waals surface area (Å²) in [5, 5.41) is 0.158. The highest BCUT2D eigenvalue weighted by Crippen LogP contribution is 2.26. The largest absolute Gasteiger partial charge is 0.300 e. The molecule has 0 saturated heterocycles. The molecule has 0 atom stereocenters. The molecule has 3 rings (SSSR count). The predicted octanol–water partition coefficient (Wildman–Crippen LogP) is 4.59. The van der Waals surface area contributed by atoms with Crippen molar-refractivity contribution < 1.29 is 18.0 Å². The van der Waals surface area contributed by atoms with Crippen LogP contribution in [0.2, 0.25) is 5.02 Å². The lowest BCUT2D eigenvalue weighted by molar-refractivity contribution is -0.116. The van der Waals surface area contributed by atoms with Gasteiger partial charge in [0, 0.05) is 18.3 Å². The maximum Gasteiger partial charge on any atom is 0.261 e. The van der Waals surface area contributed by atoms with E-state index in [9.17, 15) is 18.0 Å². The molecule has 2 aromatic heterocycles.